The lowest BCUT2D eigenvalue weighted by atomic mass is 10.1. The Morgan fingerprint density at radius 3 is 2.52 bits per heavy atom. The number of hydrogen-bond donors (Lipinski definition) is 0. The monoisotopic (exact) mass is 283 g/mol. The lowest BCUT2D eigenvalue weighted by Crippen LogP contribution is -2.05. The first-order valence-corrected chi connectivity index (χ1v) is 6.79. The van der Waals surface area contributed by atoms with Crippen LogP contribution in [0.1, 0.15) is 35.3 Å². The molecule has 0 bridgehead atoms. The van der Waals surface area contributed by atoms with Gasteiger partial charge in [0.05, 0.1) is 16.2 Å². The Labute approximate surface area is 121 Å². The molecule has 1 aromatic carbocycles. The minimum Gasteiger partial charge on any atom is -0.294 e. The second kappa shape index (κ2) is 5.40. The minimum atomic E-state index is -0.444. The first-order valence-electron chi connectivity index (χ1n) is 6.79. The number of ketones is 1. The van der Waals surface area contributed by atoms with E-state index in [1.54, 1.807) is 18.3 Å². The molecule has 1 aliphatic carbocycles. The van der Waals surface area contributed by atoms with E-state index in [0.29, 0.717) is 23.4 Å². The van der Waals surface area contributed by atoms with Gasteiger partial charge in [-0.05, 0) is 31.4 Å². The predicted molar refractivity (Wildman–Crippen MR) is 76.0 cm³/mol. The smallest absolute Gasteiger partial charge is 0.269 e. The molecule has 2 aromatic rings. The normalized spacial score (nSPS) is 14.4. The molecule has 0 unspecified atom stereocenters. The van der Waals surface area contributed by atoms with Crippen molar-refractivity contribution in [3.05, 3.63) is 51.8 Å². The van der Waals surface area contributed by atoms with Crippen molar-refractivity contribution in [3.8, 4) is 11.4 Å². The molecule has 0 saturated heterocycles. The van der Waals surface area contributed by atoms with Gasteiger partial charge in [-0.2, -0.15) is 0 Å². The first kappa shape index (κ1) is 13.4. The third kappa shape index (κ3) is 2.65. The standard InChI is InChI=1S/C15H13N3O3/c19-14-4-2-1-3-13-12(14)9-16-15(17-13)10-5-7-11(8-6-10)18(20)21/h5-9H,1-4H2. The van der Waals surface area contributed by atoms with Gasteiger partial charge < -0.3 is 0 Å². The minimum absolute atomic E-state index is 0.0312. The van der Waals surface area contributed by atoms with Crippen LogP contribution in [0.15, 0.2) is 30.5 Å². The number of non-ortho nitro benzene ring substituents is 1. The number of carbonyl (C=O) groups is 1. The number of aromatic nitrogens is 2. The molecule has 0 amide bonds. The van der Waals surface area contributed by atoms with Gasteiger partial charge in [0.2, 0.25) is 0 Å². The van der Waals surface area contributed by atoms with E-state index in [1.807, 2.05) is 0 Å². The first-order chi connectivity index (χ1) is 10.1. The van der Waals surface area contributed by atoms with Crippen molar-refractivity contribution in [1.29, 1.82) is 0 Å². The highest BCUT2D eigenvalue weighted by Crippen LogP contribution is 2.23. The van der Waals surface area contributed by atoms with Crippen LogP contribution in [0.25, 0.3) is 11.4 Å². The Hall–Kier alpha value is -2.63. The van der Waals surface area contributed by atoms with Crippen LogP contribution < -0.4 is 0 Å². The maximum Gasteiger partial charge on any atom is 0.269 e. The Balaban J connectivity index is 1.98. The highest BCUT2D eigenvalue weighted by molar-refractivity contribution is 5.97. The Bertz CT molecular complexity index is 711. The molecule has 0 N–H and O–H groups in total. The SMILES string of the molecule is O=C1CCCCc2nc(-c3ccc([N+](=O)[O-])cc3)ncc21. The summed E-state index contributed by atoms with van der Waals surface area (Å²) in [5, 5.41) is 10.7. The van der Waals surface area contributed by atoms with E-state index in [9.17, 15) is 14.9 Å². The second-order valence-corrected chi connectivity index (χ2v) is 4.99. The fourth-order valence-electron chi connectivity index (χ4n) is 2.42. The molecule has 21 heavy (non-hydrogen) atoms. The number of nitrogens with zero attached hydrogens (tertiary/aromatic N) is 3. The molecule has 0 spiro atoms. The molecule has 6 nitrogen and oxygen atoms in total. The number of carbonyl (C=O) groups excluding carboxylic acids is 1. The maximum absolute atomic E-state index is 11.9. The van der Waals surface area contributed by atoms with Crippen molar-refractivity contribution in [1.82, 2.24) is 9.97 Å². The van der Waals surface area contributed by atoms with E-state index in [0.717, 1.165) is 25.0 Å². The zero-order valence-corrected chi connectivity index (χ0v) is 11.3. The van der Waals surface area contributed by atoms with E-state index in [-0.39, 0.29) is 11.5 Å². The quantitative estimate of drug-likeness (QED) is 0.480. The third-order valence-corrected chi connectivity index (χ3v) is 3.57. The predicted octanol–water partition coefficient (Wildman–Crippen LogP) is 2.96. The number of rotatable bonds is 2. The molecular formula is C15H13N3O3. The molecular weight excluding hydrogens is 270 g/mol. The Morgan fingerprint density at radius 1 is 1.10 bits per heavy atom. The van der Waals surface area contributed by atoms with Gasteiger partial charge in [-0.3, -0.25) is 14.9 Å². The topological polar surface area (TPSA) is 86.0 Å². The van der Waals surface area contributed by atoms with Gasteiger partial charge in [-0.25, -0.2) is 9.97 Å². The lowest BCUT2D eigenvalue weighted by molar-refractivity contribution is -0.384. The van der Waals surface area contributed by atoms with E-state index < -0.39 is 4.92 Å². The van der Waals surface area contributed by atoms with Crippen LogP contribution in [0.5, 0.6) is 0 Å². The average Bonchev–Trinajstić information content (AvgIpc) is 2.69. The summed E-state index contributed by atoms with van der Waals surface area (Å²) in [5.74, 6) is 0.594. The number of nitro benzene ring substituents is 1. The summed E-state index contributed by atoms with van der Waals surface area (Å²) < 4.78 is 0. The summed E-state index contributed by atoms with van der Waals surface area (Å²) in [4.78, 5) is 30.8. The van der Waals surface area contributed by atoms with E-state index in [1.165, 1.54) is 12.1 Å². The van der Waals surface area contributed by atoms with Crippen molar-refractivity contribution in [2.75, 3.05) is 0 Å². The molecule has 0 atom stereocenters. The second-order valence-electron chi connectivity index (χ2n) is 4.99. The molecule has 6 heteroatoms. The van der Waals surface area contributed by atoms with E-state index in [2.05, 4.69) is 9.97 Å². The number of Topliss-reactive ketones (excluding diaryl/α,β-unsaturated/α-hetero) is 1. The number of benzene rings is 1. The van der Waals surface area contributed by atoms with Crippen molar-refractivity contribution >= 4 is 11.5 Å². The Morgan fingerprint density at radius 2 is 1.81 bits per heavy atom. The van der Waals surface area contributed by atoms with Crippen molar-refractivity contribution in [2.45, 2.75) is 25.7 Å². The van der Waals surface area contributed by atoms with Gasteiger partial charge in [0, 0.05) is 30.3 Å². The van der Waals surface area contributed by atoms with Crippen molar-refractivity contribution in [2.24, 2.45) is 0 Å². The molecule has 1 aromatic heterocycles. The summed E-state index contributed by atoms with van der Waals surface area (Å²) in [6.07, 6.45) is 4.71. The molecule has 1 aliphatic rings. The van der Waals surface area contributed by atoms with Crippen LogP contribution in [0.2, 0.25) is 0 Å². The number of hydrogen-bond acceptors (Lipinski definition) is 5. The van der Waals surface area contributed by atoms with Crippen LogP contribution in [-0.4, -0.2) is 20.7 Å². The van der Waals surface area contributed by atoms with Crippen LogP contribution in [0.3, 0.4) is 0 Å². The number of nitro groups is 1. The van der Waals surface area contributed by atoms with Gasteiger partial charge in [0.1, 0.15) is 0 Å². The number of aryl methyl sites for hydroxylation is 1. The maximum atomic E-state index is 11.9. The fourth-order valence-corrected chi connectivity index (χ4v) is 2.42. The van der Waals surface area contributed by atoms with E-state index in [4.69, 9.17) is 0 Å². The molecule has 3 rings (SSSR count). The van der Waals surface area contributed by atoms with Crippen molar-refractivity contribution in [3.63, 3.8) is 0 Å². The lowest BCUT2D eigenvalue weighted by Gasteiger charge is -2.06. The molecule has 0 radical (unpaired) electrons. The van der Waals surface area contributed by atoms with Gasteiger partial charge in [-0.1, -0.05) is 0 Å². The molecule has 106 valence electrons. The number of fused-ring (bicyclic) bond motifs is 1. The molecule has 0 saturated carbocycles. The zero-order valence-electron chi connectivity index (χ0n) is 11.3. The van der Waals surface area contributed by atoms with Gasteiger partial charge >= 0.3 is 0 Å². The van der Waals surface area contributed by atoms with E-state index >= 15 is 0 Å². The summed E-state index contributed by atoms with van der Waals surface area (Å²) in [6, 6.07) is 6.10. The summed E-state index contributed by atoms with van der Waals surface area (Å²) in [7, 11) is 0. The van der Waals surface area contributed by atoms with Gasteiger partial charge in [-0.15, -0.1) is 0 Å². The molecule has 0 fully saturated rings. The highest BCUT2D eigenvalue weighted by Gasteiger charge is 2.18. The molecule has 0 aliphatic heterocycles. The molecule has 1 heterocycles. The summed E-state index contributed by atoms with van der Waals surface area (Å²) in [6.45, 7) is 0. The van der Waals surface area contributed by atoms with Crippen LogP contribution in [0, 0.1) is 10.1 Å². The Kier molecular flexibility index (Phi) is 3.43. The fraction of sp³-hybridized carbons (Fsp3) is 0.267. The zero-order chi connectivity index (χ0) is 14.8. The largest absolute Gasteiger partial charge is 0.294 e. The van der Waals surface area contributed by atoms with Crippen molar-refractivity contribution < 1.29 is 9.72 Å². The average molecular weight is 283 g/mol. The van der Waals surface area contributed by atoms with Gasteiger partial charge in [0.15, 0.2) is 11.6 Å². The summed E-state index contributed by atoms with van der Waals surface area (Å²) >= 11 is 0. The van der Waals surface area contributed by atoms with Crippen LogP contribution >= 0.6 is 0 Å². The van der Waals surface area contributed by atoms with Crippen LogP contribution in [0.4, 0.5) is 5.69 Å². The highest BCUT2D eigenvalue weighted by atomic mass is 16.6. The third-order valence-electron chi connectivity index (χ3n) is 3.57. The van der Waals surface area contributed by atoms with Gasteiger partial charge in [0.25, 0.3) is 5.69 Å². The van der Waals surface area contributed by atoms with Crippen LogP contribution in [-0.2, 0) is 6.42 Å². The summed E-state index contributed by atoms with van der Waals surface area (Å²) in [5.41, 5.74) is 2.13.